The fourth-order valence-electron chi connectivity index (χ4n) is 0.0913. The van der Waals surface area contributed by atoms with Crippen LogP contribution in [0.4, 0.5) is 0 Å². The van der Waals surface area contributed by atoms with Crippen LogP contribution in [0.15, 0.2) is 0 Å². The van der Waals surface area contributed by atoms with Gasteiger partial charge in [-0.1, -0.05) is 0 Å². The normalized spacial score (nSPS) is 8.17. The number of nitro groups is 1. The van der Waals surface area contributed by atoms with Gasteiger partial charge in [-0.3, -0.25) is 15.8 Å². The Kier molecular flexibility index (Phi) is 2.31. The van der Waals surface area contributed by atoms with E-state index in [1.165, 1.54) is 0 Å². The summed E-state index contributed by atoms with van der Waals surface area (Å²) >= 11 is 0. The minimum Gasteiger partial charge on any atom is -0.264 e. The topological polar surface area (TPSA) is 66.9 Å². The van der Waals surface area contributed by atoms with Crippen molar-refractivity contribution in [3.8, 4) is 0 Å². The zero-order chi connectivity index (χ0) is 4.99. The van der Waals surface area contributed by atoms with Gasteiger partial charge in [0.25, 0.3) is 0 Å². The van der Waals surface area contributed by atoms with Gasteiger partial charge in [0.2, 0.25) is 6.54 Å². The molecule has 0 aromatic rings. The number of hydrogen-bond donors (Lipinski definition) is 0. The Hall–Kier alpha value is -0.640. The molecule has 0 rings (SSSR count). The second-order valence-electron chi connectivity index (χ2n) is 0.806. The molecule has 0 aromatic heterocycles. The Labute approximate surface area is 35.1 Å². The van der Waals surface area contributed by atoms with Gasteiger partial charge >= 0.3 is 0 Å². The van der Waals surface area contributed by atoms with Crippen molar-refractivity contribution >= 4 is 0 Å². The highest BCUT2D eigenvalue weighted by Crippen LogP contribution is 1.59. The highest BCUT2D eigenvalue weighted by atomic mass is 16.6. The van der Waals surface area contributed by atoms with Gasteiger partial charge in [0.15, 0.2) is 0 Å². The lowest BCUT2D eigenvalue weighted by Crippen LogP contribution is -2.05. The van der Waals surface area contributed by atoms with Gasteiger partial charge in [-0.25, -0.2) is 0 Å². The summed E-state index contributed by atoms with van der Waals surface area (Å²) in [5.41, 5.74) is 6.29. The molecule has 0 heterocycles. The smallest absolute Gasteiger partial charge is 0.217 e. The van der Waals surface area contributed by atoms with Crippen LogP contribution in [0.2, 0.25) is 0 Å². The predicted molar refractivity (Wildman–Crippen MR) is 19.8 cm³/mol. The first kappa shape index (κ1) is 5.36. The van der Waals surface area contributed by atoms with Gasteiger partial charge in [0, 0.05) is 4.92 Å². The number of hydrogen-bond acceptors (Lipinski definition) is 2. The number of rotatable bonds is 2. The summed E-state index contributed by atoms with van der Waals surface area (Å²) in [4.78, 5) is 8.78. The fourth-order valence-corrected chi connectivity index (χ4v) is 0.0913. The molecular formula is C2H5N2O2. The van der Waals surface area contributed by atoms with Crippen LogP contribution in [0, 0.1) is 10.1 Å². The molecule has 0 atom stereocenters. The van der Waals surface area contributed by atoms with Crippen LogP contribution in [0.1, 0.15) is 0 Å². The standard InChI is InChI=1S/C2H5N2O2/c3-1-2-4(5)6/h3H,1-2H2. The Morgan fingerprint density at radius 3 is 2.33 bits per heavy atom. The predicted octanol–water partition coefficient (Wildman–Crippen LogP) is -0.454. The van der Waals surface area contributed by atoms with Crippen molar-refractivity contribution in [1.82, 2.24) is 5.73 Å². The van der Waals surface area contributed by atoms with E-state index in [1.807, 2.05) is 0 Å². The summed E-state index contributed by atoms with van der Waals surface area (Å²) in [5.74, 6) is 0. The maximum atomic E-state index is 9.28. The highest BCUT2D eigenvalue weighted by Gasteiger charge is 1.86. The molecule has 6 heavy (non-hydrogen) atoms. The molecule has 0 aromatic carbocycles. The van der Waals surface area contributed by atoms with Crippen LogP contribution in [0.25, 0.3) is 0 Å². The van der Waals surface area contributed by atoms with Gasteiger partial charge in [-0.2, -0.15) is 0 Å². The SMILES string of the molecule is [NH]CC[N+](=O)[O-]. The quantitative estimate of drug-likeness (QED) is 0.339. The molecule has 0 unspecified atom stereocenters. The third-order valence-corrected chi connectivity index (χ3v) is 0.294. The first-order valence-corrected chi connectivity index (χ1v) is 1.53. The van der Waals surface area contributed by atoms with E-state index in [1.54, 1.807) is 0 Å². The van der Waals surface area contributed by atoms with Gasteiger partial charge in [0.05, 0.1) is 6.54 Å². The van der Waals surface area contributed by atoms with E-state index < -0.39 is 4.92 Å². The summed E-state index contributed by atoms with van der Waals surface area (Å²) < 4.78 is 0. The van der Waals surface area contributed by atoms with Crippen LogP contribution >= 0.6 is 0 Å². The Bertz CT molecular complexity index is 53.5. The molecule has 1 radical (unpaired) electrons. The highest BCUT2D eigenvalue weighted by molar-refractivity contribution is 4.22. The van der Waals surface area contributed by atoms with E-state index in [9.17, 15) is 10.1 Å². The molecule has 0 spiro atoms. The van der Waals surface area contributed by atoms with Crippen LogP contribution in [0.5, 0.6) is 0 Å². The molecule has 0 saturated heterocycles. The van der Waals surface area contributed by atoms with Crippen molar-refractivity contribution < 1.29 is 4.92 Å². The van der Waals surface area contributed by atoms with Crippen molar-refractivity contribution in [2.75, 3.05) is 13.1 Å². The van der Waals surface area contributed by atoms with Crippen molar-refractivity contribution in [3.05, 3.63) is 10.1 Å². The molecular weight excluding hydrogens is 84.0 g/mol. The zero-order valence-electron chi connectivity index (χ0n) is 3.18. The number of nitrogens with one attached hydrogen (secondary N) is 1. The van der Waals surface area contributed by atoms with Gasteiger partial charge in [-0.15, -0.1) is 0 Å². The van der Waals surface area contributed by atoms with Crippen molar-refractivity contribution in [2.24, 2.45) is 0 Å². The Morgan fingerprint density at radius 2 is 2.33 bits per heavy atom. The Balaban J connectivity index is 2.83. The lowest BCUT2D eigenvalue weighted by molar-refractivity contribution is -0.477. The van der Waals surface area contributed by atoms with E-state index in [0.29, 0.717) is 0 Å². The van der Waals surface area contributed by atoms with Crippen LogP contribution in [0.3, 0.4) is 0 Å². The zero-order valence-corrected chi connectivity index (χ0v) is 3.18. The summed E-state index contributed by atoms with van der Waals surface area (Å²) in [6.07, 6.45) is 0. The summed E-state index contributed by atoms with van der Waals surface area (Å²) in [5, 5.41) is 9.28. The van der Waals surface area contributed by atoms with Crippen LogP contribution in [-0.4, -0.2) is 18.0 Å². The third kappa shape index (κ3) is 3.36. The summed E-state index contributed by atoms with van der Waals surface area (Å²) in [6, 6.07) is 0. The number of nitrogens with zero attached hydrogens (tertiary/aromatic N) is 1. The molecule has 4 heteroatoms. The minimum absolute atomic E-state index is 0.118. The second-order valence-corrected chi connectivity index (χ2v) is 0.806. The van der Waals surface area contributed by atoms with E-state index in [4.69, 9.17) is 5.73 Å². The summed E-state index contributed by atoms with van der Waals surface area (Å²) in [7, 11) is 0. The average Bonchev–Trinajstić information content (AvgIpc) is 1.35. The lowest BCUT2D eigenvalue weighted by Gasteiger charge is -1.79. The van der Waals surface area contributed by atoms with Gasteiger partial charge in [-0.05, 0) is 0 Å². The molecule has 0 bridgehead atoms. The Morgan fingerprint density at radius 1 is 1.83 bits per heavy atom. The average molecular weight is 89.1 g/mol. The van der Waals surface area contributed by atoms with Gasteiger partial charge in [0.1, 0.15) is 0 Å². The van der Waals surface area contributed by atoms with Crippen molar-refractivity contribution in [3.63, 3.8) is 0 Å². The van der Waals surface area contributed by atoms with Gasteiger partial charge < -0.3 is 0 Å². The molecule has 0 amide bonds. The van der Waals surface area contributed by atoms with E-state index in [-0.39, 0.29) is 13.1 Å². The van der Waals surface area contributed by atoms with Crippen molar-refractivity contribution in [1.29, 1.82) is 0 Å². The van der Waals surface area contributed by atoms with Crippen LogP contribution < -0.4 is 5.73 Å². The molecule has 4 nitrogen and oxygen atoms in total. The molecule has 0 aliphatic carbocycles. The molecule has 0 aliphatic rings. The van der Waals surface area contributed by atoms with E-state index >= 15 is 0 Å². The monoisotopic (exact) mass is 89.0 g/mol. The molecule has 1 N–H and O–H groups in total. The summed E-state index contributed by atoms with van der Waals surface area (Å²) in [6.45, 7) is -0.354. The van der Waals surface area contributed by atoms with Crippen molar-refractivity contribution in [2.45, 2.75) is 0 Å². The van der Waals surface area contributed by atoms with E-state index in [2.05, 4.69) is 0 Å². The molecule has 0 saturated carbocycles. The third-order valence-electron chi connectivity index (χ3n) is 0.294. The first-order valence-electron chi connectivity index (χ1n) is 1.53. The fraction of sp³-hybridized carbons (Fsp3) is 1.00. The molecule has 0 fully saturated rings. The van der Waals surface area contributed by atoms with E-state index in [0.717, 1.165) is 0 Å². The maximum absolute atomic E-state index is 9.28. The first-order chi connectivity index (χ1) is 2.77. The largest absolute Gasteiger partial charge is 0.264 e. The maximum Gasteiger partial charge on any atom is 0.217 e. The molecule has 35 valence electrons. The van der Waals surface area contributed by atoms with Crippen LogP contribution in [-0.2, 0) is 0 Å². The molecule has 0 aliphatic heterocycles. The lowest BCUT2D eigenvalue weighted by atomic mass is 10.7. The second kappa shape index (κ2) is 2.59. The minimum atomic E-state index is -0.507.